The Bertz CT molecular complexity index is 582. The molecule has 2 rings (SSSR count). The zero-order valence-electron chi connectivity index (χ0n) is 9.76. The minimum Gasteiger partial charge on any atom is -0.494 e. The van der Waals surface area contributed by atoms with Gasteiger partial charge in [0.1, 0.15) is 4.99 Å². The summed E-state index contributed by atoms with van der Waals surface area (Å²) >= 11 is 4.88. The lowest BCUT2D eigenvalue weighted by atomic mass is 10.2. The zero-order chi connectivity index (χ0) is 13.1. The topological polar surface area (TPSA) is 53.1 Å². The largest absolute Gasteiger partial charge is 0.494 e. The van der Waals surface area contributed by atoms with E-state index < -0.39 is 0 Å². The van der Waals surface area contributed by atoms with Gasteiger partial charge in [-0.05, 0) is 6.07 Å². The van der Waals surface area contributed by atoms with Crippen molar-refractivity contribution in [1.82, 2.24) is 9.55 Å². The Balaban J connectivity index is 2.34. The van der Waals surface area contributed by atoms with Crippen molar-refractivity contribution < 1.29 is 9.13 Å². The Hall–Kier alpha value is -1.95. The first kappa shape index (κ1) is 12.5. The van der Waals surface area contributed by atoms with Gasteiger partial charge in [0.15, 0.2) is 17.4 Å². The number of aromatic nitrogens is 2. The van der Waals surface area contributed by atoms with Gasteiger partial charge in [-0.25, -0.2) is 9.37 Å². The second-order valence-electron chi connectivity index (χ2n) is 3.68. The highest BCUT2D eigenvalue weighted by atomic mass is 32.1. The minimum atomic E-state index is -0.386. The van der Waals surface area contributed by atoms with Gasteiger partial charge in [-0.1, -0.05) is 24.4 Å². The molecule has 0 fully saturated rings. The number of benzene rings is 1. The van der Waals surface area contributed by atoms with Gasteiger partial charge in [-0.2, -0.15) is 0 Å². The monoisotopic (exact) mass is 265 g/mol. The van der Waals surface area contributed by atoms with Crippen LogP contribution >= 0.6 is 12.2 Å². The highest BCUT2D eigenvalue weighted by Gasteiger charge is 2.11. The SMILES string of the molecule is COc1cccc(Cn2ccnc2C(N)=S)c1F. The molecule has 18 heavy (non-hydrogen) atoms. The number of nitrogens with two attached hydrogens (primary N) is 1. The molecule has 0 atom stereocenters. The van der Waals surface area contributed by atoms with E-state index in [-0.39, 0.29) is 16.6 Å². The maximum Gasteiger partial charge on any atom is 0.170 e. The van der Waals surface area contributed by atoms with Crippen molar-refractivity contribution in [2.45, 2.75) is 6.54 Å². The molecule has 2 N–H and O–H groups in total. The molecule has 0 spiro atoms. The summed E-state index contributed by atoms with van der Waals surface area (Å²) in [6, 6.07) is 4.98. The Labute approximate surface area is 109 Å². The molecule has 1 aromatic carbocycles. The van der Waals surface area contributed by atoms with E-state index >= 15 is 0 Å². The minimum absolute atomic E-state index is 0.184. The number of halogens is 1. The standard InChI is InChI=1S/C12H12FN3OS/c1-17-9-4-2-3-8(10(9)13)7-16-6-5-15-12(16)11(14)18/h2-6H,7H2,1H3,(H2,14,18). The summed E-state index contributed by atoms with van der Waals surface area (Å²) in [6.07, 6.45) is 3.28. The van der Waals surface area contributed by atoms with Crippen LogP contribution in [0.15, 0.2) is 30.6 Å². The number of imidazole rings is 1. The van der Waals surface area contributed by atoms with Crippen LogP contribution in [-0.4, -0.2) is 21.6 Å². The molecule has 1 aromatic heterocycles. The molecule has 4 nitrogen and oxygen atoms in total. The number of hydrogen-bond donors (Lipinski definition) is 1. The number of nitrogens with zero attached hydrogens (tertiary/aromatic N) is 2. The number of ether oxygens (including phenoxy) is 1. The molecule has 1 heterocycles. The quantitative estimate of drug-likeness (QED) is 0.855. The van der Waals surface area contributed by atoms with Crippen LogP contribution in [0.4, 0.5) is 4.39 Å². The van der Waals surface area contributed by atoms with Crippen molar-refractivity contribution in [2.24, 2.45) is 5.73 Å². The van der Waals surface area contributed by atoms with Crippen molar-refractivity contribution in [3.05, 3.63) is 47.8 Å². The van der Waals surface area contributed by atoms with Gasteiger partial charge in [0.25, 0.3) is 0 Å². The molecule has 6 heteroatoms. The lowest BCUT2D eigenvalue weighted by Gasteiger charge is -2.10. The summed E-state index contributed by atoms with van der Waals surface area (Å²) in [4.78, 5) is 4.21. The van der Waals surface area contributed by atoms with Gasteiger partial charge < -0.3 is 15.0 Å². The maximum absolute atomic E-state index is 14.0. The average molecular weight is 265 g/mol. The lowest BCUT2D eigenvalue weighted by Crippen LogP contribution is -2.17. The molecule has 0 aliphatic heterocycles. The van der Waals surface area contributed by atoms with E-state index in [1.54, 1.807) is 35.2 Å². The summed E-state index contributed by atoms with van der Waals surface area (Å²) in [6.45, 7) is 0.301. The average Bonchev–Trinajstić information content (AvgIpc) is 2.80. The fourth-order valence-electron chi connectivity index (χ4n) is 1.68. The van der Waals surface area contributed by atoms with Crippen molar-refractivity contribution in [2.75, 3.05) is 7.11 Å². The molecule has 0 saturated heterocycles. The van der Waals surface area contributed by atoms with Crippen molar-refractivity contribution >= 4 is 17.2 Å². The van der Waals surface area contributed by atoms with Gasteiger partial charge >= 0.3 is 0 Å². The van der Waals surface area contributed by atoms with E-state index in [2.05, 4.69) is 4.98 Å². The van der Waals surface area contributed by atoms with Crippen LogP contribution in [0.3, 0.4) is 0 Å². The molecule has 0 radical (unpaired) electrons. The highest BCUT2D eigenvalue weighted by Crippen LogP contribution is 2.21. The molecular weight excluding hydrogens is 253 g/mol. The van der Waals surface area contributed by atoms with E-state index in [4.69, 9.17) is 22.7 Å². The second kappa shape index (κ2) is 5.14. The van der Waals surface area contributed by atoms with Crippen LogP contribution in [0.5, 0.6) is 5.75 Å². The molecule has 0 unspecified atom stereocenters. The summed E-state index contributed by atoms with van der Waals surface area (Å²) < 4.78 is 20.6. The second-order valence-corrected chi connectivity index (χ2v) is 4.12. The number of thiocarbonyl (C=S) groups is 1. The van der Waals surface area contributed by atoms with E-state index in [9.17, 15) is 4.39 Å². The summed E-state index contributed by atoms with van der Waals surface area (Å²) in [7, 11) is 1.43. The molecule has 0 amide bonds. The molecule has 0 saturated carbocycles. The third-order valence-electron chi connectivity index (χ3n) is 2.54. The predicted molar refractivity (Wildman–Crippen MR) is 70.2 cm³/mol. The molecule has 2 aromatic rings. The molecule has 0 aliphatic carbocycles. The summed E-state index contributed by atoms with van der Waals surface area (Å²) in [5.41, 5.74) is 6.03. The Morgan fingerprint density at radius 3 is 3.00 bits per heavy atom. The highest BCUT2D eigenvalue weighted by molar-refractivity contribution is 7.80. The third-order valence-corrected chi connectivity index (χ3v) is 2.72. The first-order chi connectivity index (χ1) is 8.63. The maximum atomic E-state index is 14.0. The van der Waals surface area contributed by atoms with Crippen LogP contribution in [0.1, 0.15) is 11.4 Å². The fourth-order valence-corrected chi connectivity index (χ4v) is 1.85. The Morgan fingerprint density at radius 1 is 1.56 bits per heavy atom. The number of methoxy groups -OCH3 is 1. The summed E-state index contributed by atoms with van der Waals surface area (Å²) in [5.74, 6) is 0.291. The predicted octanol–water partition coefficient (Wildman–Crippen LogP) is 1.71. The smallest absolute Gasteiger partial charge is 0.170 e. The third kappa shape index (κ3) is 2.33. The fraction of sp³-hybridized carbons (Fsp3) is 0.167. The van der Waals surface area contributed by atoms with Gasteiger partial charge in [0, 0.05) is 18.0 Å². The zero-order valence-corrected chi connectivity index (χ0v) is 10.6. The van der Waals surface area contributed by atoms with Gasteiger partial charge in [-0.15, -0.1) is 0 Å². The van der Waals surface area contributed by atoms with Crippen molar-refractivity contribution in [3.63, 3.8) is 0 Å². The van der Waals surface area contributed by atoms with Crippen LogP contribution in [0.2, 0.25) is 0 Å². The molecule has 0 bridgehead atoms. The lowest BCUT2D eigenvalue weighted by molar-refractivity contribution is 0.383. The van der Waals surface area contributed by atoms with E-state index in [1.165, 1.54) is 7.11 Å². The molecular formula is C12H12FN3OS. The molecule has 94 valence electrons. The summed E-state index contributed by atoms with van der Waals surface area (Å²) in [5, 5.41) is 0. The van der Waals surface area contributed by atoms with Gasteiger partial charge in [0.2, 0.25) is 0 Å². The van der Waals surface area contributed by atoms with Crippen LogP contribution in [0, 0.1) is 5.82 Å². The van der Waals surface area contributed by atoms with Crippen molar-refractivity contribution in [1.29, 1.82) is 0 Å². The Morgan fingerprint density at radius 2 is 2.33 bits per heavy atom. The van der Waals surface area contributed by atoms with E-state index in [1.807, 2.05) is 0 Å². The van der Waals surface area contributed by atoms with Gasteiger partial charge in [-0.3, -0.25) is 0 Å². The van der Waals surface area contributed by atoms with Crippen LogP contribution in [0.25, 0.3) is 0 Å². The molecule has 0 aliphatic rings. The normalized spacial score (nSPS) is 10.3. The van der Waals surface area contributed by atoms with Gasteiger partial charge in [0.05, 0.1) is 13.7 Å². The van der Waals surface area contributed by atoms with Crippen LogP contribution < -0.4 is 10.5 Å². The van der Waals surface area contributed by atoms with Crippen LogP contribution in [-0.2, 0) is 6.54 Å². The number of hydrogen-bond acceptors (Lipinski definition) is 3. The van der Waals surface area contributed by atoms with Crippen molar-refractivity contribution in [3.8, 4) is 5.75 Å². The Kier molecular flexibility index (Phi) is 3.57. The van der Waals surface area contributed by atoms with E-state index in [0.717, 1.165) is 0 Å². The first-order valence-corrected chi connectivity index (χ1v) is 5.66. The first-order valence-electron chi connectivity index (χ1n) is 5.25. The number of rotatable bonds is 4. The van der Waals surface area contributed by atoms with E-state index in [0.29, 0.717) is 17.9 Å².